The highest BCUT2D eigenvalue weighted by Gasteiger charge is 2.14. The van der Waals surface area contributed by atoms with Crippen LogP contribution in [0.5, 0.6) is 0 Å². The van der Waals surface area contributed by atoms with Crippen molar-refractivity contribution in [1.29, 1.82) is 0 Å². The Morgan fingerprint density at radius 2 is 1.85 bits per heavy atom. The number of aromatic nitrogens is 2. The summed E-state index contributed by atoms with van der Waals surface area (Å²) in [6, 6.07) is 16.7. The highest BCUT2D eigenvalue weighted by Crippen LogP contribution is 2.33. The summed E-state index contributed by atoms with van der Waals surface area (Å²) in [6.07, 6.45) is 3.57. The summed E-state index contributed by atoms with van der Waals surface area (Å²) >= 11 is 1.54. The molecule has 0 N–H and O–H groups in total. The fourth-order valence-electron chi connectivity index (χ4n) is 3.54. The zero-order valence-electron chi connectivity index (χ0n) is 15.6. The number of thiophene rings is 1. The van der Waals surface area contributed by atoms with Crippen molar-refractivity contribution in [3.05, 3.63) is 87.3 Å². The average molecular weight is 375 g/mol. The van der Waals surface area contributed by atoms with Crippen molar-refractivity contribution < 1.29 is 0 Å². The quantitative estimate of drug-likeness (QED) is 0.470. The normalized spacial score (nSPS) is 11.2. The number of fused-ring (bicyclic) bond motifs is 1. The minimum Gasteiger partial charge on any atom is -0.299 e. The lowest BCUT2D eigenvalue weighted by molar-refractivity contribution is 0.618. The molecule has 0 fully saturated rings. The van der Waals surface area contributed by atoms with Crippen molar-refractivity contribution in [1.82, 2.24) is 9.55 Å². The van der Waals surface area contributed by atoms with Crippen molar-refractivity contribution in [2.24, 2.45) is 0 Å². The van der Waals surface area contributed by atoms with Gasteiger partial charge in [0.1, 0.15) is 4.83 Å². The van der Waals surface area contributed by atoms with Crippen LogP contribution in [0.2, 0.25) is 0 Å². The minimum absolute atomic E-state index is 0.0595. The van der Waals surface area contributed by atoms with Crippen molar-refractivity contribution in [3.63, 3.8) is 0 Å². The lowest BCUT2D eigenvalue weighted by Crippen LogP contribution is -2.20. The molecule has 0 amide bonds. The number of benzene rings is 2. The summed E-state index contributed by atoms with van der Waals surface area (Å²) in [5, 5.41) is 2.81. The van der Waals surface area contributed by atoms with Gasteiger partial charge in [0, 0.05) is 17.5 Å². The van der Waals surface area contributed by atoms with Gasteiger partial charge in [-0.15, -0.1) is 11.3 Å². The highest BCUT2D eigenvalue weighted by molar-refractivity contribution is 7.17. The molecule has 2 aromatic heterocycles. The SMILES string of the molecule is Cc1ccc(-c2csc3ncn(CCCc4ccccc4)c(=O)c23)c(C)c1. The molecule has 0 bridgehead atoms. The van der Waals surface area contributed by atoms with E-state index in [1.54, 1.807) is 22.2 Å². The van der Waals surface area contributed by atoms with E-state index >= 15 is 0 Å². The van der Waals surface area contributed by atoms with Crippen molar-refractivity contribution in [3.8, 4) is 11.1 Å². The molecular weight excluding hydrogens is 352 g/mol. The number of nitrogens with zero attached hydrogens (tertiary/aromatic N) is 2. The molecule has 0 unspecified atom stereocenters. The van der Waals surface area contributed by atoms with Crippen LogP contribution in [-0.2, 0) is 13.0 Å². The van der Waals surface area contributed by atoms with Gasteiger partial charge in [-0.05, 0) is 43.4 Å². The first-order valence-corrected chi connectivity index (χ1v) is 10.1. The Morgan fingerprint density at radius 1 is 1.04 bits per heavy atom. The Balaban J connectivity index is 1.66. The van der Waals surface area contributed by atoms with Crippen LogP contribution in [-0.4, -0.2) is 9.55 Å². The maximum Gasteiger partial charge on any atom is 0.262 e. The molecule has 0 aliphatic rings. The summed E-state index contributed by atoms with van der Waals surface area (Å²) in [7, 11) is 0. The number of hydrogen-bond acceptors (Lipinski definition) is 3. The van der Waals surface area contributed by atoms with Gasteiger partial charge in [0.15, 0.2) is 0 Å². The van der Waals surface area contributed by atoms with Gasteiger partial charge in [0.25, 0.3) is 5.56 Å². The van der Waals surface area contributed by atoms with Gasteiger partial charge in [-0.3, -0.25) is 9.36 Å². The smallest absolute Gasteiger partial charge is 0.262 e. The summed E-state index contributed by atoms with van der Waals surface area (Å²) in [5.74, 6) is 0. The summed E-state index contributed by atoms with van der Waals surface area (Å²) in [5.41, 5.74) is 5.89. The van der Waals surface area contributed by atoms with Crippen LogP contribution < -0.4 is 5.56 Å². The fraction of sp³-hybridized carbons (Fsp3) is 0.217. The zero-order valence-corrected chi connectivity index (χ0v) is 16.4. The summed E-state index contributed by atoms with van der Waals surface area (Å²) < 4.78 is 1.75. The summed E-state index contributed by atoms with van der Waals surface area (Å²) in [4.78, 5) is 18.5. The molecule has 0 spiro atoms. The minimum atomic E-state index is 0.0595. The monoisotopic (exact) mass is 374 g/mol. The van der Waals surface area contributed by atoms with Gasteiger partial charge >= 0.3 is 0 Å². The molecule has 4 heteroatoms. The maximum atomic E-state index is 13.1. The van der Waals surface area contributed by atoms with Gasteiger partial charge < -0.3 is 0 Å². The van der Waals surface area contributed by atoms with Gasteiger partial charge in [-0.25, -0.2) is 4.98 Å². The molecule has 0 atom stereocenters. The predicted molar refractivity (Wildman–Crippen MR) is 114 cm³/mol. The Bertz CT molecular complexity index is 1140. The Labute approximate surface area is 163 Å². The third-order valence-corrected chi connectivity index (χ3v) is 5.83. The van der Waals surface area contributed by atoms with Crippen LogP contribution in [0.3, 0.4) is 0 Å². The first kappa shape index (κ1) is 17.7. The molecule has 0 saturated heterocycles. The lowest BCUT2D eigenvalue weighted by atomic mass is 9.99. The van der Waals surface area contributed by atoms with Crippen LogP contribution >= 0.6 is 11.3 Å². The van der Waals surface area contributed by atoms with Crippen LogP contribution in [0.15, 0.2) is 65.0 Å². The largest absolute Gasteiger partial charge is 0.299 e. The Kier molecular flexibility index (Phi) is 4.90. The molecule has 0 saturated carbocycles. The van der Waals surface area contributed by atoms with E-state index in [9.17, 15) is 4.79 Å². The molecule has 136 valence electrons. The second-order valence-corrected chi connectivity index (χ2v) is 7.84. The van der Waals surface area contributed by atoms with Gasteiger partial charge in [0.05, 0.1) is 11.7 Å². The molecular formula is C23H22N2OS. The first-order chi connectivity index (χ1) is 13.1. The highest BCUT2D eigenvalue weighted by atomic mass is 32.1. The third-order valence-electron chi connectivity index (χ3n) is 4.94. The summed E-state index contributed by atoms with van der Waals surface area (Å²) in [6.45, 7) is 4.86. The number of aryl methyl sites for hydroxylation is 4. The molecule has 3 nitrogen and oxygen atoms in total. The lowest BCUT2D eigenvalue weighted by Gasteiger charge is -2.08. The van der Waals surface area contributed by atoms with E-state index in [2.05, 4.69) is 66.7 Å². The zero-order chi connectivity index (χ0) is 18.8. The molecule has 2 aromatic carbocycles. The third kappa shape index (κ3) is 3.58. The van der Waals surface area contributed by atoms with Crippen molar-refractivity contribution >= 4 is 21.6 Å². The van der Waals surface area contributed by atoms with E-state index in [4.69, 9.17) is 0 Å². The van der Waals surface area contributed by atoms with E-state index in [0.29, 0.717) is 6.54 Å². The van der Waals surface area contributed by atoms with Crippen molar-refractivity contribution in [2.45, 2.75) is 33.2 Å². The van der Waals surface area contributed by atoms with Gasteiger partial charge in [0.2, 0.25) is 0 Å². The second-order valence-electron chi connectivity index (χ2n) is 6.98. The number of rotatable bonds is 5. The Hall–Kier alpha value is -2.72. The number of hydrogen-bond donors (Lipinski definition) is 0. The molecule has 2 heterocycles. The molecule has 4 aromatic rings. The molecule has 0 aliphatic heterocycles. The van der Waals surface area contributed by atoms with Crippen molar-refractivity contribution in [2.75, 3.05) is 0 Å². The standard InChI is InChI=1S/C23H22N2OS/c1-16-10-11-19(17(2)13-16)20-14-27-22-21(20)23(26)25(15-24-22)12-6-9-18-7-4-3-5-8-18/h3-5,7-8,10-11,13-15H,6,9,12H2,1-2H3. The van der Waals surface area contributed by atoms with Crippen LogP contribution in [0.4, 0.5) is 0 Å². The Morgan fingerprint density at radius 3 is 2.63 bits per heavy atom. The molecule has 0 radical (unpaired) electrons. The maximum absolute atomic E-state index is 13.1. The van der Waals surface area contributed by atoms with E-state index in [0.717, 1.165) is 34.2 Å². The van der Waals surface area contributed by atoms with E-state index in [1.807, 2.05) is 6.07 Å². The molecule has 4 rings (SSSR count). The van der Waals surface area contributed by atoms with E-state index < -0.39 is 0 Å². The fourth-order valence-corrected chi connectivity index (χ4v) is 4.44. The molecule has 27 heavy (non-hydrogen) atoms. The first-order valence-electron chi connectivity index (χ1n) is 9.21. The van der Waals surface area contributed by atoms with Gasteiger partial charge in [-0.1, -0.05) is 54.1 Å². The van der Waals surface area contributed by atoms with Gasteiger partial charge in [-0.2, -0.15) is 0 Å². The van der Waals surface area contributed by atoms with E-state index in [1.165, 1.54) is 16.7 Å². The topological polar surface area (TPSA) is 34.9 Å². The second kappa shape index (κ2) is 7.49. The predicted octanol–water partition coefficient (Wildman–Crippen LogP) is 5.37. The van der Waals surface area contributed by atoms with Crippen LogP contribution in [0.25, 0.3) is 21.3 Å². The van der Waals surface area contributed by atoms with Crippen LogP contribution in [0.1, 0.15) is 23.1 Å². The van der Waals surface area contributed by atoms with Crippen LogP contribution in [0, 0.1) is 13.8 Å². The van der Waals surface area contributed by atoms with E-state index in [-0.39, 0.29) is 5.56 Å². The molecule has 0 aliphatic carbocycles. The average Bonchev–Trinajstić information content (AvgIpc) is 3.09.